The molecular formula is C17H24N2S. The van der Waals surface area contributed by atoms with E-state index in [-0.39, 0.29) is 0 Å². The fourth-order valence-electron chi connectivity index (χ4n) is 3.97. The summed E-state index contributed by atoms with van der Waals surface area (Å²) in [5.41, 5.74) is 10.1. The van der Waals surface area contributed by atoms with Gasteiger partial charge in [0.1, 0.15) is 4.99 Å². The number of hydrogen-bond donors (Lipinski definition) is 1. The molecule has 0 aromatic heterocycles. The van der Waals surface area contributed by atoms with E-state index < -0.39 is 0 Å². The van der Waals surface area contributed by atoms with Crippen molar-refractivity contribution in [3.8, 4) is 0 Å². The highest BCUT2D eigenvalue weighted by Crippen LogP contribution is 2.46. The van der Waals surface area contributed by atoms with Gasteiger partial charge in [-0.3, -0.25) is 0 Å². The molecule has 1 aromatic carbocycles. The smallest absolute Gasteiger partial charge is 0.106 e. The molecule has 0 bridgehead atoms. The molecule has 3 heteroatoms. The number of aryl methyl sites for hydroxylation is 1. The third-order valence-electron chi connectivity index (χ3n) is 5.25. The molecule has 108 valence electrons. The number of benzene rings is 1. The van der Waals surface area contributed by atoms with Crippen molar-refractivity contribution >= 4 is 22.9 Å². The molecular weight excluding hydrogens is 264 g/mol. The van der Waals surface area contributed by atoms with Crippen LogP contribution in [0.15, 0.2) is 18.2 Å². The van der Waals surface area contributed by atoms with Crippen LogP contribution in [-0.2, 0) is 0 Å². The van der Waals surface area contributed by atoms with Gasteiger partial charge in [0.15, 0.2) is 0 Å². The lowest BCUT2D eigenvalue weighted by Crippen LogP contribution is -2.39. The second kappa shape index (κ2) is 5.36. The molecule has 0 unspecified atom stereocenters. The lowest BCUT2D eigenvalue weighted by Gasteiger charge is -2.41. The molecule has 1 aromatic rings. The van der Waals surface area contributed by atoms with Crippen LogP contribution in [0.2, 0.25) is 0 Å². The Bertz CT molecular complexity index is 508. The van der Waals surface area contributed by atoms with Gasteiger partial charge in [0.25, 0.3) is 0 Å². The minimum atomic E-state index is 0.518. The second-order valence-electron chi connectivity index (χ2n) is 6.58. The van der Waals surface area contributed by atoms with Crippen molar-refractivity contribution in [2.75, 3.05) is 18.0 Å². The molecule has 20 heavy (non-hydrogen) atoms. The fourth-order valence-corrected chi connectivity index (χ4v) is 4.13. The first-order valence-corrected chi connectivity index (χ1v) is 8.16. The van der Waals surface area contributed by atoms with Gasteiger partial charge in [-0.2, -0.15) is 0 Å². The summed E-state index contributed by atoms with van der Waals surface area (Å²) < 4.78 is 0. The highest BCUT2D eigenvalue weighted by molar-refractivity contribution is 7.80. The summed E-state index contributed by atoms with van der Waals surface area (Å²) in [6, 6.07) is 6.48. The van der Waals surface area contributed by atoms with Crippen LogP contribution in [0.3, 0.4) is 0 Å². The molecule has 1 saturated carbocycles. The average Bonchev–Trinajstić information content (AvgIpc) is 2.88. The number of hydrogen-bond acceptors (Lipinski definition) is 2. The lowest BCUT2D eigenvalue weighted by molar-refractivity contribution is 0.226. The summed E-state index contributed by atoms with van der Waals surface area (Å²) in [6.45, 7) is 4.40. The molecule has 1 spiro atoms. The van der Waals surface area contributed by atoms with Gasteiger partial charge in [0, 0.05) is 24.3 Å². The molecule has 2 N–H and O–H groups in total. The largest absolute Gasteiger partial charge is 0.389 e. The topological polar surface area (TPSA) is 29.3 Å². The van der Waals surface area contributed by atoms with Crippen molar-refractivity contribution in [1.82, 2.24) is 0 Å². The van der Waals surface area contributed by atoms with Gasteiger partial charge in [0.05, 0.1) is 0 Å². The van der Waals surface area contributed by atoms with Crippen molar-refractivity contribution < 1.29 is 0 Å². The monoisotopic (exact) mass is 288 g/mol. The van der Waals surface area contributed by atoms with Crippen molar-refractivity contribution in [1.29, 1.82) is 0 Å². The van der Waals surface area contributed by atoms with Crippen LogP contribution in [0, 0.1) is 12.3 Å². The molecule has 1 saturated heterocycles. The van der Waals surface area contributed by atoms with E-state index in [9.17, 15) is 0 Å². The van der Waals surface area contributed by atoms with Crippen molar-refractivity contribution in [3.63, 3.8) is 0 Å². The molecule has 2 fully saturated rings. The molecule has 0 radical (unpaired) electrons. The molecule has 1 aliphatic heterocycles. The normalized spacial score (nSPS) is 21.4. The summed E-state index contributed by atoms with van der Waals surface area (Å²) >= 11 is 5.23. The summed E-state index contributed by atoms with van der Waals surface area (Å²) in [5, 5.41) is 0. The fraction of sp³-hybridized carbons (Fsp3) is 0.588. The standard InChI is InChI=1S/C17H24N2S/c1-13-4-5-15(14(12-13)16(18)20)19-10-8-17(9-11-19)6-2-3-7-17/h4-5,12H,2-3,6-11H2,1H3,(H2,18,20). The summed E-state index contributed by atoms with van der Waals surface area (Å²) in [7, 11) is 0. The SMILES string of the molecule is Cc1ccc(N2CCC3(CCCC3)CC2)c(C(N)=S)c1. The zero-order valence-electron chi connectivity index (χ0n) is 12.3. The molecule has 2 nitrogen and oxygen atoms in total. The van der Waals surface area contributed by atoms with Crippen LogP contribution in [0.1, 0.15) is 49.7 Å². The van der Waals surface area contributed by atoms with E-state index in [4.69, 9.17) is 18.0 Å². The highest BCUT2D eigenvalue weighted by Gasteiger charge is 2.37. The molecule has 1 aliphatic carbocycles. The zero-order valence-corrected chi connectivity index (χ0v) is 13.1. The number of rotatable bonds is 2. The Kier molecular flexibility index (Phi) is 3.72. The third kappa shape index (κ3) is 2.56. The Balaban J connectivity index is 1.79. The Morgan fingerprint density at radius 3 is 2.40 bits per heavy atom. The van der Waals surface area contributed by atoms with Crippen LogP contribution in [0.4, 0.5) is 5.69 Å². The maximum atomic E-state index is 5.91. The predicted molar refractivity (Wildman–Crippen MR) is 89.4 cm³/mol. The van der Waals surface area contributed by atoms with Crippen LogP contribution in [-0.4, -0.2) is 18.1 Å². The second-order valence-corrected chi connectivity index (χ2v) is 7.02. The van der Waals surface area contributed by atoms with E-state index in [0.717, 1.165) is 18.7 Å². The van der Waals surface area contributed by atoms with Gasteiger partial charge in [-0.05, 0) is 50.2 Å². The number of piperidine rings is 1. The van der Waals surface area contributed by atoms with Crippen molar-refractivity contribution in [3.05, 3.63) is 29.3 Å². The van der Waals surface area contributed by atoms with Gasteiger partial charge in [-0.1, -0.05) is 36.7 Å². The van der Waals surface area contributed by atoms with E-state index in [1.54, 1.807) is 0 Å². The Labute approximate surface area is 127 Å². The summed E-state index contributed by atoms with van der Waals surface area (Å²) in [6.07, 6.45) is 8.41. The van der Waals surface area contributed by atoms with Gasteiger partial charge in [-0.15, -0.1) is 0 Å². The maximum Gasteiger partial charge on any atom is 0.106 e. The van der Waals surface area contributed by atoms with Gasteiger partial charge >= 0.3 is 0 Å². The lowest BCUT2D eigenvalue weighted by atomic mass is 9.77. The van der Waals surface area contributed by atoms with E-state index in [1.165, 1.54) is 49.8 Å². The first-order chi connectivity index (χ1) is 9.60. The molecule has 0 atom stereocenters. The molecule has 0 amide bonds. The first-order valence-electron chi connectivity index (χ1n) is 7.75. The van der Waals surface area contributed by atoms with E-state index >= 15 is 0 Å². The van der Waals surface area contributed by atoms with E-state index in [2.05, 4.69) is 30.0 Å². The summed E-state index contributed by atoms with van der Waals surface area (Å²) in [4.78, 5) is 3.00. The average molecular weight is 288 g/mol. The molecule has 3 rings (SSSR count). The minimum Gasteiger partial charge on any atom is -0.389 e. The number of nitrogens with zero attached hydrogens (tertiary/aromatic N) is 1. The van der Waals surface area contributed by atoms with Crippen LogP contribution < -0.4 is 10.6 Å². The third-order valence-corrected chi connectivity index (χ3v) is 5.47. The number of anilines is 1. The van der Waals surface area contributed by atoms with Gasteiger partial charge in [-0.25, -0.2) is 0 Å². The minimum absolute atomic E-state index is 0.518. The van der Waals surface area contributed by atoms with E-state index in [1.807, 2.05) is 0 Å². The summed E-state index contributed by atoms with van der Waals surface area (Å²) in [5.74, 6) is 0. The quantitative estimate of drug-likeness (QED) is 0.840. The van der Waals surface area contributed by atoms with Crippen molar-refractivity contribution in [2.24, 2.45) is 11.1 Å². The van der Waals surface area contributed by atoms with Crippen molar-refractivity contribution in [2.45, 2.75) is 45.4 Å². The number of nitrogens with two attached hydrogens (primary N) is 1. The van der Waals surface area contributed by atoms with Gasteiger partial charge < -0.3 is 10.6 Å². The predicted octanol–water partition coefficient (Wildman–Crippen LogP) is 3.79. The maximum absolute atomic E-state index is 5.91. The Morgan fingerprint density at radius 1 is 1.15 bits per heavy atom. The van der Waals surface area contributed by atoms with Crippen LogP contribution in [0.25, 0.3) is 0 Å². The van der Waals surface area contributed by atoms with Crippen LogP contribution in [0.5, 0.6) is 0 Å². The Hall–Kier alpha value is -1.09. The number of thiocarbonyl (C=S) groups is 1. The molecule has 1 heterocycles. The van der Waals surface area contributed by atoms with Gasteiger partial charge in [0.2, 0.25) is 0 Å². The van der Waals surface area contributed by atoms with E-state index in [0.29, 0.717) is 10.4 Å². The Morgan fingerprint density at radius 2 is 1.80 bits per heavy atom. The highest BCUT2D eigenvalue weighted by atomic mass is 32.1. The zero-order chi connectivity index (χ0) is 14.2. The first kappa shape index (κ1) is 13.9. The molecule has 2 aliphatic rings. The van der Waals surface area contributed by atoms with Crippen LogP contribution >= 0.6 is 12.2 Å².